The smallest absolute Gasteiger partial charge is 0.253 e. The number of likely N-dealkylation sites (tertiary alicyclic amines) is 1. The monoisotopic (exact) mass is 369 g/mol. The zero-order valence-electron chi connectivity index (χ0n) is 15.2. The first-order valence-corrected chi connectivity index (χ1v) is 9.30. The SMILES string of the molecule is O=C(CNc1cccc(C(=O)N2CCCCCC2)c1)Nc1ccc(F)cc1. The van der Waals surface area contributed by atoms with Gasteiger partial charge in [0.15, 0.2) is 0 Å². The normalized spacial score (nSPS) is 14.3. The van der Waals surface area contributed by atoms with Crippen LogP contribution in [-0.4, -0.2) is 36.3 Å². The average Bonchev–Trinajstić information content (AvgIpc) is 2.97. The summed E-state index contributed by atoms with van der Waals surface area (Å²) in [7, 11) is 0. The van der Waals surface area contributed by atoms with E-state index in [1.165, 1.54) is 37.1 Å². The minimum absolute atomic E-state index is 0.0383. The van der Waals surface area contributed by atoms with Crippen molar-refractivity contribution in [1.82, 2.24) is 4.90 Å². The standard InChI is InChI=1S/C21H24FN3O2/c22-17-8-10-18(11-9-17)24-20(26)15-23-19-7-5-6-16(14-19)21(27)25-12-3-1-2-4-13-25/h5-11,14,23H,1-4,12-13,15H2,(H,24,26). The van der Waals surface area contributed by atoms with Crippen molar-refractivity contribution in [3.05, 3.63) is 59.9 Å². The molecule has 1 fully saturated rings. The summed E-state index contributed by atoms with van der Waals surface area (Å²) in [6.07, 6.45) is 4.45. The molecular formula is C21H24FN3O2. The molecule has 1 aliphatic rings. The molecule has 1 saturated heterocycles. The molecule has 2 N–H and O–H groups in total. The Balaban J connectivity index is 1.56. The Bertz CT molecular complexity index is 784. The number of nitrogens with one attached hydrogen (secondary N) is 2. The van der Waals surface area contributed by atoms with Crippen LogP contribution in [0.5, 0.6) is 0 Å². The highest BCUT2D eigenvalue weighted by Crippen LogP contribution is 2.16. The van der Waals surface area contributed by atoms with E-state index in [1.807, 2.05) is 17.0 Å². The van der Waals surface area contributed by atoms with Crippen molar-refractivity contribution in [2.75, 3.05) is 30.3 Å². The van der Waals surface area contributed by atoms with E-state index in [4.69, 9.17) is 0 Å². The molecule has 2 aromatic rings. The van der Waals surface area contributed by atoms with Crippen LogP contribution in [0.4, 0.5) is 15.8 Å². The van der Waals surface area contributed by atoms with Gasteiger partial charge in [-0.3, -0.25) is 9.59 Å². The van der Waals surface area contributed by atoms with Gasteiger partial charge in [0, 0.05) is 30.0 Å². The Labute approximate surface area is 158 Å². The summed E-state index contributed by atoms with van der Waals surface area (Å²) in [6.45, 7) is 1.66. The summed E-state index contributed by atoms with van der Waals surface area (Å²) in [5, 5.41) is 5.72. The first-order valence-electron chi connectivity index (χ1n) is 9.30. The Hall–Kier alpha value is -2.89. The highest BCUT2D eigenvalue weighted by molar-refractivity contribution is 5.96. The van der Waals surface area contributed by atoms with Crippen LogP contribution in [0, 0.1) is 5.82 Å². The second-order valence-electron chi connectivity index (χ2n) is 6.70. The topological polar surface area (TPSA) is 61.4 Å². The Morgan fingerprint density at radius 3 is 2.33 bits per heavy atom. The number of halogens is 1. The van der Waals surface area contributed by atoms with Crippen LogP contribution in [0.15, 0.2) is 48.5 Å². The minimum Gasteiger partial charge on any atom is -0.376 e. The van der Waals surface area contributed by atoms with E-state index in [0.717, 1.165) is 25.9 Å². The molecule has 0 unspecified atom stereocenters. The van der Waals surface area contributed by atoms with E-state index in [1.54, 1.807) is 12.1 Å². The molecule has 142 valence electrons. The Kier molecular flexibility index (Phi) is 6.41. The molecule has 0 bridgehead atoms. The lowest BCUT2D eigenvalue weighted by molar-refractivity contribution is -0.114. The quantitative estimate of drug-likeness (QED) is 0.840. The van der Waals surface area contributed by atoms with Crippen molar-refractivity contribution >= 4 is 23.2 Å². The van der Waals surface area contributed by atoms with Crippen LogP contribution in [0.3, 0.4) is 0 Å². The van der Waals surface area contributed by atoms with Crippen molar-refractivity contribution in [2.24, 2.45) is 0 Å². The van der Waals surface area contributed by atoms with Crippen molar-refractivity contribution in [2.45, 2.75) is 25.7 Å². The van der Waals surface area contributed by atoms with Crippen LogP contribution in [0.2, 0.25) is 0 Å². The minimum atomic E-state index is -0.350. The maximum Gasteiger partial charge on any atom is 0.253 e. The largest absolute Gasteiger partial charge is 0.376 e. The number of rotatable bonds is 5. The van der Waals surface area contributed by atoms with Gasteiger partial charge in [-0.05, 0) is 55.3 Å². The van der Waals surface area contributed by atoms with E-state index < -0.39 is 0 Å². The van der Waals surface area contributed by atoms with Crippen molar-refractivity contribution < 1.29 is 14.0 Å². The fraction of sp³-hybridized carbons (Fsp3) is 0.333. The molecule has 6 heteroatoms. The van der Waals surface area contributed by atoms with Crippen molar-refractivity contribution in [3.8, 4) is 0 Å². The number of nitrogens with zero attached hydrogens (tertiary/aromatic N) is 1. The summed E-state index contributed by atoms with van der Waals surface area (Å²) >= 11 is 0. The second kappa shape index (κ2) is 9.16. The third-order valence-electron chi connectivity index (χ3n) is 4.58. The van der Waals surface area contributed by atoms with Gasteiger partial charge in [0.2, 0.25) is 5.91 Å². The zero-order valence-corrected chi connectivity index (χ0v) is 15.2. The van der Waals surface area contributed by atoms with Gasteiger partial charge in [0.1, 0.15) is 5.82 Å². The van der Waals surface area contributed by atoms with Gasteiger partial charge in [-0.2, -0.15) is 0 Å². The molecule has 0 spiro atoms. The molecule has 0 aliphatic carbocycles. The lowest BCUT2D eigenvalue weighted by atomic mass is 10.1. The third kappa shape index (κ3) is 5.54. The third-order valence-corrected chi connectivity index (χ3v) is 4.58. The van der Waals surface area contributed by atoms with E-state index in [2.05, 4.69) is 10.6 Å². The summed E-state index contributed by atoms with van der Waals surface area (Å²) in [4.78, 5) is 26.6. The van der Waals surface area contributed by atoms with Gasteiger partial charge in [-0.1, -0.05) is 18.9 Å². The maximum absolute atomic E-state index is 12.9. The van der Waals surface area contributed by atoms with E-state index in [-0.39, 0.29) is 24.2 Å². The average molecular weight is 369 g/mol. The zero-order chi connectivity index (χ0) is 19.1. The molecule has 2 aromatic carbocycles. The highest BCUT2D eigenvalue weighted by Gasteiger charge is 2.17. The lowest BCUT2D eigenvalue weighted by Gasteiger charge is -2.20. The van der Waals surface area contributed by atoms with Gasteiger partial charge < -0.3 is 15.5 Å². The Morgan fingerprint density at radius 1 is 0.926 bits per heavy atom. The second-order valence-corrected chi connectivity index (χ2v) is 6.70. The molecule has 1 heterocycles. The first kappa shape index (κ1) is 18.9. The molecule has 2 amide bonds. The van der Waals surface area contributed by atoms with E-state index in [9.17, 15) is 14.0 Å². The number of carbonyl (C=O) groups excluding carboxylic acids is 2. The number of carbonyl (C=O) groups is 2. The van der Waals surface area contributed by atoms with Crippen molar-refractivity contribution in [3.63, 3.8) is 0 Å². The molecule has 0 radical (unpaired) electrons. The number of hydrogen-bond acceptors (Lipinski definition) is 3. The summed E-state index contributed by atoms with van der Waals surface area (Å²) in [5.41, 5.74) is 1.87. The first-order chi connectivity index (χ1) is 13.1. The summed E-state index contributed by atoms with van der Waals surface area (Å²) in [6, 6.07) is 12.8. The molecule has 27 heavy (non-hydrogen) atoms. The lowest BCUT2D eigenvalue weighted by Crippen LogP contribution is -2.31. The number of amides is 2. The number of anilines is 2. The molecule has 0 aromatic heterocycles. The fourth-order valence-corrected chi connectivity index (χ4v) is 3.14. The van der Waals surface area contributed by atoms with E-state index in [0.29, 0.717) is 16.9 Å². The van der Waals surface area contributed by atoms with Crippen molar-refractivity contribution in [1.29, 1.82) is 0 Å². The van der Waals surface area contributed by atoms with Crippen LogP contribution < -0.4 is 10.6 Å². The molecule has 5 nitrogen and oxygen atoms in total. The van der Waals surface area contributed by atoms with Gasteiger partial charge in [0.25, 0.3) is 5.91 Å². The van der Waals surface area contributed by atoms with Gasteiger partial charge in [-0.25, -0.2) is 4.39 Å². The van der Waals surface area contributed by atoms with Gasteiger partial charge >= 0.3 is 0 Å². The molecule has 0 atom stereocenters. The van der Waals surface area contributed by atoms with Gasteiger partial charge in [0.05, 0.1) is 6.54 Å². The van der Waals surface area contributed by atoms with E-state index >= 15 is 0 Å². The number of hydrogen-bond donors (Lipinski definition) is 2. The summed E-state index contributed by atoms with van der Waals surface area (Å²) in [5.74, 6) is -0.556. The fourth-order valence-electron chi connectivity index (χ4n) is 3.14. The predicted molar refractivity (Wildman–Crippen MR) is 104 cm³/mol. The predicted octanol–water partition coefficient (Wildman–Crippen LogP) is 3.89. The van der Waals surface area contributed by atoms with Crippen LogP contribution in [0.1, 0.15) is 36.0 Å². The molecule has 1 aliphatic heterocycles. The van der Waals surface area contributed by atoms with Crippen LogP contribution >= 0.6 is 0 Å². The molecule has 0 saturated carbocycles. The summed E-state index contributed by atoms with van der Waals surface area (Å²) < 4.78 is 12.9. The van der Waals surface area contributed by atoms with Crippen LogP contribution in [0.25, 0.3) is 0 Å². The Morgan fingerprint density at radius 2 is 1.63 bits per heavy atom. The molecular weight excluding hydrogens is 345 g/mol. The number of benzene rings is 2. The van der Waals surface area contributed by atoms with Gasteiger partial charge in [-0.15, -0.1) is 0 Å². The molecule has 3 rings (SSSR count). The maximum atomic E-state index is 12.9. The van der Waals surface area contributed by atoms with Crippen LogP contribution in [-0.2, 0) is 4.79 Å². The highest BCUT2D eigenvalue weighted by atomic mass is 19.1.